The van der Waals surface area contributed by atoms with Gasteiger partial charge in [0.2, 0.25) is 5.82 Å². The summed E-state index contributed by atoms with van der Waals surface area (Å²) in [6.45, 7) is 4.84. The minimum atomic E-state index is -4.42. The number of nitrogens with one attached hydrogen (secondary N) is 1. The number of allylic oxidation sites excluding steroid dienone is 2. The molecule has 1 aromatic carbocycles. The number of nitrogens with zero attached hydrogens (tertiary/aromatic N) is 6. The number of halogens is 3. The molecule has 1 aliphatic carbocycles. The lowest BCUT2D eigenvalue weighted by Gasteiger charge is -2.25. The summed E-state index contributed by atoms with van der Waals surface area (Å²) in [5.74, 6) is 1.63. The molecule has 39 heavy (non-hydrogen) atoms. The third-order valence-electron chi connectivity index (χ3n) is 7.27. The van der Waals surface area contributed by atoms with Gasteiger partial charge < -0.3 is 9.88 Å². The maximum atomic E-state index is 13.2. The topological polar surface area (TPSA) is 92.3 Å². The van der Waals surface area contributed by atoms with Crippen LogP contribution in [-0.4, -0.2) is 31.0 Å². The van der Waals surface area contributed by atoms with Crippen LogP contribution in [0.1, 0.15) is 62.0 Å². The zero-order valence-electron chi connectivity index (χ0n) is 21.8. The SMILES string of the molecule is C/C=C(/C)c1ccnc(-c2nc3nc(C#N)nc(NCCC4CCC4)c3n2Cc2ccc(C(F)(F)F)cc2)c1. The van der Waals surface area contributed by atoms with Crippen molar-refractivity contribution < 1.29 is 13.2 Å². The van der Waals surface area contributed by atoms with Gasteiger partial charge in [0.05, 0.1) is 5.56 Å². The molecule has 0 atom stereocenters. The Morgan fingerprint density at radius 2 is 1.92 bits per heavy atom. The fourth-order valence-electron chi connectivity index (χ4n) is 4.68. The van der Waals surface area contributed by atoms with Crippen molar-refractivity contribution in [2.45, 2.75) is 52.3 Å². The molecule has 1 fully saturated rings. The highest BCUT2D eigenvalue weighted by Gasteiger charge is 2.30. The van der Waals surface area contributed by atoms with Gasteiger partial charge in [-0.1, -0.05) is 37.5 Å². The van der Waals surface area contributed by atoms with Gasteiger partial charge in [0.25, 0.3) is 0 Å². The zero-order chi connectivity index (χ0) is 27.6. The molecule has 0 aliphatic heterocycles. The van der Waals surface area contributed by atoms with E-state index in [-0.39, 0.29) is 12.4 Å². The molecule has 0 amide bonds. The number of pyridine rings is 1. The summed E-state index contributed by atoms with van der Waals surface area (Å²) in [7, 11) is 0. The Labute approximate surface area is 224 Å². The summed E-state index contributed by atoms with van der Waals surface area (Å²) in [6, 6.07) is 10.9. The summed E-state index contributed by atoms with van der Waals surface area (Å²) in [6.07, 6.45) is 3.95. The fourth-order valence-corrected chi connectivity index (χ4v) is 4.68. The second kappa shape index (κ2) is 10.8. The van der Waals surface area contributed by atoms with Gasteiger partial charge >= 0.3 is 6.18 Å². The average molecular weight is 532 g/mol. The van der Waals surface area contributed by atoms with E-state index in [0.29, 0.717) is 46.5 Å². The van der Waals surface area contributed by atoms with Gasteiger partial charge in [0, 0.05) is 19.3 Å². The number of imidazole rings is 1. The lowest BCUT2D eigenvalue weighted by atomic mass is 9.83. The number of hydrogen-bond donors (Lipinski definition) is 1. The van der Waals surface area contributed by atoms with Gasteiger partial charge in [-0.15, -0.1) is 0 Å². The molecular formula is C29H28F3N7. The predicted octanol–water partition coefficient (Wildman–Crippen LogP) is 6.85. The Bertz CT molecular complexity index is 1560. The molecule has 10 heteroatoms. The Hall–Kier alpha value is -4.26. The van der Waals surface area contributed by atoms with Crippen LogP contribution in [0.2, 0.25) is 0 Å². The molecule has 3 aromatic heterocycles. The standard InChI is InChI=1S/C29H28F3N7/c1-3-18(2)21-12-14-34-23(15-21)28-38-27-25(39(28)17-20-7-9-22(10-8-20)29(30,31)32)26(36-24(16-33)37-27)35-13-11-19-5-4-6-19/h3,7-10,12,14-15,19H,4-6,11,13,17H2,1-2H3,(H,35,36,37)/b18-3-. The molecule has 1 saturated carbocycles. The molecular weight excluding hydrogens is 503 g/mol. The fraction of sp³-hybridized carbons (Fsp3) is 0.345. The van der Waals surface area contributed by atoms with E-state index >= 15 is 0 Å². The molecule has 1 N–H and O–H groups in total. The van der Waals surface area contributed by atoms with E-state index in [1.54, 1.807) is 6.20 Å². The van der Waals surface area contributed by atoms with E-state index in [9.17, 15) is 18.4 Å². The molecule has 0 saturated heterocycles. The third-order valence-corrected chi connectivity index (χ3v) is 7.27. The second-order valence-electron chi connectivity index (χ2n) is 9.81. The minimum absolute atomic E-state index is 0.00848. The van der Waals surface area contributed by atoms with Crippen molar-refractivity contribution in [3.05, 3.63) is 71.2 Å². The lowest BCUT2D eigenvalue weighted by molar-refractivity contribution is -0.137. The van der Waals surface area contributed by atoms with E-state index in [2.05, 4.69) is 20.3 Å². The summed E-state index contributed by atoms with van der Waals surface area (Å²) in [5.41, 5.74) is 3.45. The van der Waals surface area contributed by atoms with Crippen molar-refractivity contribution in [3.63, 3.8) is 0 Å². The Morgan fingerprint density at radius 1 is 1.15 bits per heavy atom. The summed E-state index contributed by atoms with van der Waals surface area (Å²) in [4.78, 5) is 18.1. The van der Waals surface area contributed by atoms with Crippen LogP contribution in [0.5, 0.6) is 0 Å². The second-order valence-corrected chi connectivity index (χ2v) is 9.81. The van der Waals surface area contributed by atoms with E-state index in [1.165, 1.54) is 31.4 Å². The maximum absolute atomic E-state index is 13.2. The van der Waals surface area contributed by atoms with Crippen LogP contribution in [0.15, 0.2) is 48.7 Å². The highest BCUT2D eigenvalue weighted by atomic mass is 19.4. The van der Waals surface area contributed by atoms with Crippen molar-refractivity contribution in [1.82, 2.24) is 24.5 Å². The summed E-state index contributed by atoms with van der Waals surface area (Å²) < 4.78 is 41.4. The van der Waals surface area contributed by atoms with E-state index in [1.807, 2.05) is 42.7 Å². The molecule has 4 aromatic rings. The highest BCUT2D eigenvalue weighted by molar-refractivity contribution is 5.87. The number of anilines is 1. The number of rotatable bonds is 8. The number of nitriles is 1. The Morgan fingerprint density at radius 3 is 2.56 bits per heavy atom. The molecule has 0 radical (unpaired) electrons. The van der Waals surface area contributed by atoms with Gasteiger partial charge in [0.15, 0.2) is 17.3 Å². The average Bonchev–Trinajstić information content (AvgIpc) is 3.27. The van der Waals surface area contributed by atoms with Crippen LogP contribution in [-0.2, 0) is 12.7 Å². The van der Waals surface area contributed by atoms with Crippen molar-refractivity contribution in [2.24, 2.45) is 5.92 Å². The first kappa shape index (κ1) is 26.4. The van der Waals surface area contributed by atoms with Crippen LogP contribution in [0, 0.1) is 17.2 Å². The van der Waals surface area contributed by atoms with Crippen molar-refractivity contribution in [3.8, 4) is 17.6 Å². The predicted molar refractivity (Wildman–Crippen MR) is 144 cm³/mol. The molecule has 5 rings (SSSR count). The molecule has 0 bridgehead atoms. The Balaban J connectivity index is 1.63. The first-order valence-corrected chi connectivity index (χ1v) is 12.9. The smallest absolute Gasteiger partial charge is 0.368 e. The summed E-state index contributed by atoms with van der Waals surface area (Å²) >= 11 is 0. The third kappa shape index (κ3) is 5.62. The Kier molecular flexibility index (Phi) is 7.33. The van der Waals surface area contributed by atoms with Gasteiger partial charge in [-0.2, -0.15) is 28.4 Å². The summed E-state index contributed by atoms with van der Waals surface area (Å²) in [5, 5.41) is 13.0. The van der Waals surface area contributed by atoms with Crippen molar-refractivity contribution >= 4 is 22.6 Å². The maximum Gasteiger partial charge on any atom is 0.416 e. The monoisotopic (exact) mass is 531 g/mol. The highest BCUT2D eigenvalue weighted by Crippen LogP contribution is 2.33. The normalized spacial score (nSPS) is 14.3. The van der Waals surface area contributed by atoms with E-state index in [0.717, 1.165) is 29.7 Å². The number of aromatic nitrogens is 5. The molecule has 0 spiro atoms. The van der Waals surface area contributed by atoms with Gasteiger partial charge in [0.1, 0.15) is 17.3 Å². The number of alkyl halides is 3. The van der Waals surface area contributed by atoms with E-state index in [4.69, 9.17) is 4.98 Å². The van der Waals surface area contributed by atoms with E-state index < -0.39 is 11.7 Å². The first-order valence-electron chi connectivity index (χ1n) is 12.9. The number of benzene rings is 1. The van der Waals surface area contributed by atoms with Gasteiger partial charge in [-0.25, -0.2) is 4.98 Å². The van der Waals surface area contributed by atoms with Crippen LogP contribution in [0.4, 0.5) is 19.0 Å². The number of fused-ring (bicyclic) bond motifs is 1. The molecule has 7 nitrogen and oxygen atoms in total. The molecule has 1 aliphatic rings. The molecule has 3 heterocycles. The van der Waals surface area contributed by atoms with Gasteiger partial charge in [-0.3, -0.25) is 4.98 Å². The first-order chi connectivity index (χ1) is 18.8. The quantitative estimate of drug-likeness (QED) is 0.267. The molecule has 0 unspecified atom stereocenters. The lowest BCUT2D eigenvalue weighted by Crippen LogP contribution is -2.17. The largest absolute Gasteiger partial charge is 0.416 e. The molecule has 200 valence electrons. The zero-order valence-corrected chi connectivity index (χ0v) is 21.8. The van der Waals surface area contributed by atoms with Crippen molar-refractivity contribution in [2.75, 3.05) is 11.9 Å². The van der Waals surface area contributed by atoms with Gasteiger partial charge in [-0.05, 0) is 67.2 Å². The number of hydrogen-bond acceptors (Lipinski definition) is 6. The minimum Gasteiger partial charge on any atom is -0.368 e. The van der Waals surface area contributed by atoms with Crippen LogP contribution < -0.4 is 5.32 Å². The van der Waals surface area contributed by atoms with Crippen molar-refractivity contribution in [1.29, 1.82) is 5.26 Å². The van der Waals surface area contributed by atoms with Crippen LogP contribution in [0.25, 0.3) is 28.3 Å². The van der Waals surface area contributed by atoms with Crippen LogP contribution in [0.3, 0.4) is 0 Å². The van der Waals surface area contributed by atoms with Crippen LogP contribution >= 0.6 is 0 Å².